The molecule has 1 aliphatic rings. The van der Waals surface area contributed by atoms with Gasteiger partial charge < -0.3 is 10.1 Å². The molecule has 0 radical (unpaired) electrons. The van der Waals surface area contributed by atoms with Gasteiger partial charge in [-0.2, -0.15) is 0 Å². The second-order valence-electron chi connectivity index (χ2n) is 6.93. The van der Waals surface area contributed by atoms with Gasteiger partial charge in [-0.05, 0) is 42.6 Å². The number of carbonyl (C=O) groups excluding carboxylic acids is 1. The molecular weight excluding hydrogens is 274 g/mol. The molecule has 0 aromatic heterocycles. The summed E-state index contributed by atoms with van der Waals surface area (Å²) in [5.74, 6) is 1.71. The van der Waals surface area contributed by atoms with E-state index in [9.17, 15) is 4.79 Å². The Hall–Kier alpha value is -1.51. The zero-order valence-electron chi connectivity index (χ0n) is 14.0. The van der Waals surface area contributed by atoms with Crippen molar-refractivity contribution in [2.45, 2.75) is 52.6 Å². The molecule has 1 aromatic rings. The van der Waals surface area contributed by atoms with Gasteiger partial charge in [0.2, 0.25) is 0 Å². The number of hydrogen-bond acceptors (Lipinski definition) is 2. The van der Waals surface area contributed by atoms with Crippen molar-refractivity contribution in [1.82, 2.24) is 5.32 Å². The van der Waals surface area contributed by atoms with Crippen LogP contribution in [0.25, 0.3) is 0 Å². The molecule has 3 atom stereocenters. The Morgan fingerprint density at radius 3 is 2.68 bits per heavy atom. The third-order valence-corrected chi connectivity index (χ3v) is 4.75. The van der Waals surface area contributed by atoms with Crippen LogP contribution < -0.4 is 5.32 Å². The van der Waals surface area contributed by atoms with Gasteiger partial charge in [0.15, 0.2) is 0 Å². The predicted octanol–water partition coefficient (Wildman–Crippen LogP) is 4.42. The van der Waals surface area contributed by atoms with Crippen molar-refractivity contribution in [2.24, 2.45) is 17.8 Å². The molecule has 1 N–H and O–H groups in total. The summed E-state index contributed by atoms with van der Waals surface area (Å²) in [6, 6.07) is 10.2. The summed E-state index contributed by atoms with van der Waals surface area (Å²) < 4.78 is 5.72. The maximum absolute atomic E-state index is 12.0. The first-order chi connectivity index (χ1) is 10.6. The molecule has 1 aliphatic carbocycles. The van der Waals surface area contributed by atoms with E-state index < -0.39 is 0 Å². The quantitative estimate of drug-likeness (QED) is 0.874. The number of alkyl carbamates (subject to hydrolysis) is 1. The molecule has 122 valence electrons. The minimum atomic E-state index is -0.263. The summed E-state index contributed by atoms with van der Waals surface area (Å²) in [7, 11) is 0. The topological polar surface area (TPSA) is 38.3 Å². The van der Waals surface area contributed by atoms with Crippen LogP contribution in [-0.2, 0) is 11.2 Å². The van der Waals surface area contributed by atoms with E-state index in [4.69, 9.17) is 4.74 Å². The van der Waals surface area contributed by atoms with E-state index in [1.807, 2.05) is 18.2 Å². The van der Waals surface area contributed by atoms with Crippen LogP contribution in [0.15, 0.2) is 30.3 Å². The fraction of sp³-hybridized carbons (Fsp3) is 0.632. The van der Waals surface area contributed by atoms with Crippen molar-refractivity contribution >= 4 is 6.09 Å². The highest BCUT2D eigenvalue weighted by Gasteiger charge is 2.33. The van der Waals surface area contributed by atoms with Crippen molar-refractivity contribution in [1.29, 1.82) is 0 Å². The maximum atomic E-state index is 12.0. The lowest BCUT2D eigenvalue weighted by molar-refractivity contribution is 0.00631. The lowest BCUT2D eigenvalue weighted by Crippen LogP contribution is -2.39. The molecule has 0 bridgehead atoms. The van der Waals surface area contributed by atoms with Gasteiger partial charge in [0.1, 0.15) is 6.10 Å². The van der Waals surface area contributed by atoms with Gasteiger partial charge in [-0.1, -0.05) is 57.5 Å². The summed E-state index contributed by atoms with van der Waals surface area (Å²) in [6.45, 7) is 7.33. The van der Waals surface area contributed by atoms with E-state index in [2.05, 4.69) is 38.2 Å². The summed E-state index contributed by atoms with van der Waals surface area (Å²) in [5.41, 5.74) is 1.23. The summed E-state index contributed by atoms with van der Waals surface area (Å²) in [6.07, 6.45) is 4.06. The van der Waals surface area contributed by atoms with Gasteiger partial charge >= 0.3 is 6.09 Å². The molecule has 0 aliphatic heterocycles. The second kappa shape index (κ2) is 8.21. The van der Waals surface area contributed by atoms with Crippen molar-refractivity contribution in [3.05, 3.63) is 35.9 Å². The molecule has 0 heterocycles. The molecule has 22 heavy (non-hydrogen) atoms. The third-order valence-electron chi connectivity index (χ3n) is 4.75. The number of benzene rings is 1. The molecule has 3 nitrogen and oxygen atoms in total. The van der Waals surface area contributed by atoms with Crippen LogP contribution in [0.3, 0.4) is 0 Å². The molecule has 1 amide bonds. The van der Waals surface area contributed by atoms with Crippen molar-refractivity contribution in [2.75, 3.05) is 6.54 Å². The lowest BCUT2D eigenvalue weighted by atomic mass is 9.75. The number of nitrogens with one attached hydrogen (secondary N) is 1. The fourth-order valence-electron chi connectivity index (χ4n) is 3.38. The predicted molar refractivity (Wildman–Crippen MR) is 89.8 cm³/mol. The first-order valence-electron chi connectivity index (χ1n) is 8.54. The zero-order chi connectivity index (χ0) is 15.9. The molecule has 1 fully saturated rings. The Balaban J connectivity index is 1.77. The largest absolute Gasteiger partial charge is 0.446 e. The van der Waals surface area contributed by atoms with Crippen LogP contribution in [0.2, 0.25) is 0 Å². The minimum Gasteiger partial charge on any atom is -0.446 e. The van der Waals surface area contributed by atoms with Gasteiger partial charge in [0.25, 0.3) is 0 Å². The molecule has 1 aromatic carbocycles. The summed E-state index contributed by atoms with van der Waals surface area (Å²) >= 11 is 0. The highest BCUT2D eigenvalue weighted by Crippen LogP contribution is 2.35. The number of rotatable bonds is 5. The SMILES string of the molecule is CC(C)[C@H]1CC[C@H](C)C[C@H]1OC(=O)NCCc1ccccc1. The average Bonchev–Trinajstić information content (AvgIpc) is 2.48. The summed E-state index contributed by atoms with van der Waals surface area (Å²) in [5, 5.41) is 2.89. The average molecular weight is 303 g/mol. The van der Waals surface area contributed by atoms with E-state index in [1.165, 1.54) is 18.4 Å². The van der Waals surface area contributed by atoms with E-state index >= 15 is 0 Å². The Labute approximate surface area is 134 Å². The van der Waals surface area contributed by atoms with E-state index in [1.54, 1.807) is 0 Å². The standard InChI is InChI=1S/C19H29NO2/c1-14(2)17-10-9-15(3)13-18(17)22-19(21)20-12-11-16-7-5-4-6-8-16/h4-8,14-15,17-18H,9-13H2,1-3H3,(H,20,21)/t15-,17+,18+/m0/s1. The highest BCUT2D eigenvalue weighted by atomic mass is 16.6. The Morgan fingerprint density at radius 2 is 2.00 bits per heavy atom. The van der Waals surface area contributed by atoms with Crippen LogP contribution in [-0.4, -0.2) is 18.7 Å². The molecule has 0 unspecified atom stereocenters. The number of ether oxygens (including phenoxy) is 1. The fourth-order valence-corrected chi connectivity index (χ4v) is 3.38. The van der Waals surface area contributed by atoms with E-state index in [0.717, 1.165) is 12.8 Å². The number of carbonyl (C=O) groups is 1. The minimum absolute atomic E-state index is 0.0699. The van der Waals surface area contributed by atoms with Crippen molar-refractivity contribution < 1.29 is 9.53 Å². The number of amides is 1. The molecule has 1 saturated carbocycles. The van der Waals surface area contributed by atoms with Crippen LogP contribution in [0, 0.1) is 17.8 Å². The Morgan fingerprint density at radius 1 is 1.27 bits per heavy atom. The molecular formula is C19H29NO2. The van der Waals surface area contributed by atoms with Crippen LogP contribution >= 0.6 is 0 Å². The maximum Gasteiger partial charge on any atom is 0.407 e. The first kappa shape index (κ1) is 16.9. The Bertz CT molecular complexity index is 458. The number of hydrogen-bond donors (Lipinski definition) is 1. The van der Waals surface area contributed by atoms with Gasteiger partial charge in [-0.25, -0.2) is 4.79 Å². The summed E-state index contributed by atoms with van der Waals surface area (Å²) in [4.78, 5) is 12.0. The monoisotopic (exact) mass is 303 g/mol. The third kappa shape index (κ3) is 5.04. The zero-order valence-corrected chi connectivity index (χ0v) is 14.0. The Kier molecular flexibility index (Phi) is 6.29. The van der Waals surface area contributed by atoms with E-state index in [0.29, 0.717) is 24.3 Å². The van der Waals surface area contributed by atoms with Gasteiger partial charge in [-0.15, -0.1) is 0 Å². The van der Waals surface area contributed by atoms with Crippen LogP contribution in [0.1, 0.15) is 45.6 Å². The normalized spacial score (nSPS) is 25.0. The first-order valence-corrected chi connectivity index (χ1v) is 8.54. The molecule has 3 heteroatoms. The second-order valence-corrected chi connectivity index (χ2v) is 6.93. The van der Waals surface area contributed by atoms with Gasteiger partial charge in [0.05, 0.1) is 0 Å². The van der Waals surface area contributed by atoms with Crippen LogP contribution in [0.5, 0.6) is 0 Å². The van der Waals surface area contributed by atoms with E-state index in [-0.39, 0.29) is 12.2 Å². The smallest absolute Gasteiger partial charge is 0.407 e. The lowest BCUT2D eigenvalue weighted by Gasteiger charge is -2.36. The van der Waals surface area contributed by atoms with Crippen LogP contribution in [0.4, 0.5) is 4.79 Å². The van der Waals surface area contributed by atoms with Gasteiger partial charge in [0, 0.05) is 6.54 Å². The molecule has 2 rings (SSSR count). The van der Waals surface area contributed by atoms with Gasteiger partial charge in [-0.3, -0.25) is 0 Å². The molecule has 0 saturated heterocycles. The van der Waals surface area contributed by atoms with Crippen molar-refractivity contribution in [3.63, 3.8) is 0 Å². The van der Waals surface area contributed by atoms with Crippen molar-refractivity contribution in [3.8, 4) is 0 Å². The highest BCUT2D eigenvalue weighted by molar-refractivity contribution is 5.67. The molecule has 0 spiro atoms.